The van der Waals surface area contributed by atoms with E-state index in [4.69, 9.17) is 18.9 Å². The molecule has 2 aliphatic rings. The van der Waals surface area contributed by atoms with Gasteiger partial charge < -0.3 is 18.9 Å². The van der Waals surface area contributed by atoms with Gasteiger partial charge in [-0.2, -0.15) is 0 Å². The van der Waals surface area contributed by atoms with Gasteiger partial charge in [0, 0.05) is 0 Å². The van der Waals surface area contributed by atoms with Gasteiger partial charge in [0.15, 0.2) is 23.0 Å². The molecule has 3 aromatic carbocycles. The van der Waals surface area contributed by atoms with Gasteiger partial charge in [0.1, 0.15) is 13.2 Å². The summed E-state index contributed by atoms with van der Waals surface area (Å²) in [7, 11) is 0. The van der Waals surface area contributed by atoms with Gasteiger partial charge in [-0.15, -0.1) is 0 Å². The molecule has 0 radical (unpaired) electrons. The highest BCUT2D eigenvalue weighted by molar-refractivity contribution is 5.85. The van der Waals surface area contributed by atoms with Gasteiger partial charge in [0.2, 0.25) is 6.79 Å². The number of benzene rings is 3. The molecule has 0 aromatic heterocycles. The number of hydrogen-bond donors (Lipinski definition) is 0. The van der Waals surface area contributed by atoms with Crippen molar-refractivity contribution in [2.45, 2.75) is 0 Å². The van der Waals surface area contributed by atoms with E-state index in [2.05, 4.69) is 24.3 Å². The Balaban J connectivity index is 1.61. The van der Waals surface area contributed by atoms with Crippen LogP contribution >= 0.6 is 0 Å². The van der Waals surface area contributed by atoms with Crippen LogP contribution in [0.2, 0.25) is 0 Å². The summed E-state index contributed by atoms with van der Waals surface area (Å²) in [6, 6.07) is 20.4. The fourth-order valence-corrected chi connectivity index (χ4v) is 3.26. The van der Waals surface area contributed by atoms with Crippen molar-refractivity contribution in [3.05, 3.63) is 60.7 Å². The van der Waals surface area contributed by atoms with E-state index in [0.29, 0.717) is 13.2 Å². The van der Waals surface area contributed by atoms with Crippen LogP contribution in [0.4, 0.5) is 0 Å². The monoisotopic (exact) mass is 332 g/mol. The number of fused-ring (bicyclic) bond motifs is 2. The summed E-state index contributed by atoms with van der Waals surface area (Å²) in [6.45, 7) is 1.46. The van der Waals surface area contributed by atoms with Gasteiger partial charge in [-0.25, -0.2) is 0 Å². The first-order valence-corrected chi connectivity index (χ1v) is 8.27. The lowest BCUT2D eigenvalue weighted by Crippen LogP contribution is -2.15. The predicted molar refractivity (Wildman–Crippen MR) is 94.4 cm³/mol. The summed E-state index contributed by atoms with van der Waals surface area (Å²) in [6.07, 6.45) is 0. The van der Waals surface area contributed by atoms with Crippen LogP contribution in [0.5, 0.6) is 23.0 Å². The van der Waals surface area contributed by atoms with Crippen LogP contribution in [-0.2, 0) is 0 Å². The first-order valence-electron chi connectivity index (χ1n) is 8.27. The van der Waals surface area contributed by atoms with Crippen LogP contribution in [-0.4, -0.2) is 20.0 Å². The van der Waals surface area contributed by atoms with Gasteiger partial charge in [-0.3, -0.25) is 0 Å². The molecule has 124 valence electrons. The average molecular weight is 332 g/mol. The highest BCUT2D eigenvalue weighted by atomic mass is 16.7. The van der Waals surface area contributed by atoms with Crippen molar-refractivity contribution in [2.24, 2.45) is 0 Å². The lowest BCUT2D eigenvalue weighted by Gasteiger charge is -2.19. The topological polar surface area (TPSA) is 36.9 Å². The molecule has 0 spiro atoms. The second kappa shape index (κ2) is 5.74. The Morgan fingerprint density at radius 3 is 1.72 bits per heavy atom. The van der Waals surface area contributed by atoms with E-state index in [-0.39, 0.29) is 6.79 Å². The molecule has 0 aliphatic carbocycles. The molecule has 5 rings (SSSR count). The van der Waals surface area contributed by atoms with Crippen molar-refractivity contribution in [2.75, 3.05) is 20.0 Å². The predicted octanol–water partition coefficient (Wildman–Crippen LogP) is 4.52. The third kappa shape index (κ3) is 2.47. The molecule has 0 N–H and O–H groups in total. The van der Waals surface area contributed by atoms with E-state index in [1.807, 2.05) is 36.4 Å². The molecule has 4 nitrogen and oxygen atoms in total. The van der Waals surface area contributed by atoms with Crippen LogP contribution in [0.25, 0.3) is 22.3 Å². The van der Waals surface area contributed by atoms with Gasteiger partial charge in [-0.1, -0.05) is 36.4 Å². The Kier molecular flexibility index (Phi) is 3.27. The summed E-state index contributed by atoms with van der Waals surface area (Å²) in [5, 5.41) is 0. The molecule has 2 heterocycles. The number of rotatable bonds is 2. The molecule has 0 bridgehead atoms. The molecule has 0 saturated carbocycles. The van der Waals surface area contributed by atoms with Gasteiger partial charge in [-0.05, 0) is 46.5 Å². The minimum Gasteiger partial charge on any atom is -0.486 e. The molecule has 4 heteroatoms. The van der Waals surface area contributed by atoms with Crippen molar-refractivity contribution in [3.8, 4) is 45.3 Å². The molecule has 2 aliphatic heterocycles. The molecule has 0 amide bonds. The highest BCUT2D eigenvalue weighted by Gasteiger charge is 2.17. The van der Waals surface area contributed by atoms with Gasteiger partial charge in [0.05, 0.1) is 0 Å². The molecule has 0 unspecified atom stereocenters. The normalized spacial score (nSPS) is 14.4. The van der Waals surface area contributed by atoms with Crippen LogP contribution in [0, 0.1) is 0 Å². The smallest absolute Gasteiger partial charge is 0.231 e. The highest BCUT2D eigenvalue weighted by Crippen LogP contribution is 2.41. The molecule has 25 heavy (non-hydrogen) atoms. The quantitative estimate of drug-likeness (QED) is 0.691. The molecule has 0 atom stereocenters. The minimum absolute atomic E-state index is 0.280. The van der Waals surface area contributed by atoms with E-state index >= 15 is 0 Å². The Morgan fingerprint density at radius 2 is 1.04 bits per heavy atom. The van der Waals surface area contributed by atoms with Crippen molar-refractivity contribution < 1.29 is 18.9 Å². The molecule has 0 fully saturated rings. The first kappa shape index (κ1) is 14.2. The zero-order valence-corrected chi connectivity index (χ0v) is 13.5. The Labute approximate surface area is 145 Å². The zero-order chi connectivity index (χ0) is 16.6. The van der Waals surface area contributed by atoms with E-state index in [9.17, 15) is 0 Å². The van der Waals surface area contributed by atoms with E-state index in [1.54, 1.807) is 0 Å². The minimum atomic E-state index is 0.280. The lowest BCUT2D eigenvalue weighted by atomic mass is 9.94. The maximum Gasteiger partial charge on any atom is 0.231 e. The molecular weight excluding hydrogens is 316 g/mol. The summed E-state index contributed by atoms with van der Waals surface area (Å²) >= 11 is 0. The van der Waals surface area contributed by atoms with Crippen LogP contribution in [0.3, 0.4) is 0 Å². The fraction of sp³-hybridized carbons (Fsp3) is 0.143. The number of ether oxygens (including phenoxy) is 4. The largest absolute Gasteiger partial charge is 0.486 e. The third-order valence-electron chi connectivity index (χ3n) is 4.46. The fourth-order valence-electron chi connectivity index (χ4n) is 3.26. The van der Waals surface area contributed by atoms with Crippen molar-refractivity contribution in [1.29, 1.82) is 0 Å². The second-order valence-electron chi connectivity index (χ2n) is 5.97. The Hall–Kier alpha value is -3.14. The first-order chi connectivity index (χ1) is 12.4. The molecule has 0 saturated heterocycles. The maximum absolute atomic E-state index is 5.73. The van der Waals surface area contributed by atoms with E-state index < -0.39 is 0 Å². The van der Waals surface area contributed by atoms with Crippen LogP contribution in [0.1, 0.15) is 0 Å². The van der Waals surface area contributed by atoms with Crippen molar-refractivity contribution in [1.82, 2.24) is 0 Å². The standard InChI is InChI=1S/C21H16O4/c1-2-4-17(15-6-8-19-21(12-15)25-13-24-19)16(3-1)14-5-7-18-20(11-14)23-10-9-22-18/h1-8,11-12H,9-10,13H2. The summed E-state index contributed by atoms with van der Waals surface area (Å²) in [5.41, 5.74) is 4.46. The van der Waals surface area contributed by atoms with Gasteiger partial charge >= 0.3 is 0 Å². The van der Waals surface area contributed by atoms with Crippen molar-refractivity contribution >= 4 is 0 Å². The summed E-state index contributed by atoms with van der Waals surface area (Å²) in [5.74, 6) is 3.18. The zero-order valence-electron chi connectivity index (χ0n) is 13.5. The van der Waals surface area contributed by atoms with Crippen LogP contribution in [0.15, 0.2) is 60.7 Å². The lowest BCUT2D eigenvalue weighted by molar-refractivity contribution is 0.171. The second-order valence-corrected chi connectivity index (χ2v) is 5.97. The summed E-state index contributed by atoms with van der Waals surface area (Å²) in [4.78, 5) is 0. The van der Waals surface area contributed by atoms with Crippen LogP contribution < -0.4 is 18.9 Å². The number of hydrogen-bond acceptors (Lipinski definition) is 4. The Morgan fingerprint density at radius 1 is 0.520 bits per heavy atom. The molecular formula is C21H16O4. The average Bonchev–Trinajstić information content (AvgIpc) is 3.15. The Bertz CT molecular complexity index is 948. The third-order valence-corrected chi connectivity index (χ3v) is 4.46. The SMILES string of the molecule is c1ccc(-c2ccc3c(c2)OCO3)c(-c2ccc3c(c2)OCCO3)c1. The summed E-state index contributed by atoms with van der Waals surface area (Å²) < 4.78 is 22.3. The van der Waals surface area contributed by atoms with E-state index in [0.717, 1.165) is 45.3 Å². The van der Waals surface area contributed by atoms with E-state index in [1.165, 1.54) is 0 Å². The van der Waals surface area contributed by atoms with Crippen molar-refractivity contribution in [3.63, 3.8) is 0 Å². The maximum atomic E-state index is 5.73. The van der Waals surface area contributed by atoms with Gasteiger partial charge in [0.25, 0.3) is 0 Å². The molecule has 3 aromatic rings.